The van der Waals surface area contributed by atoms with Crippen molar-refractivity contribution in [2.75, 3.05) is 26.4 Å². The van der Waals surface area contributed by atoms with Crippen LogP contribution in [0.15, 0.2) is 43.5 Å². The highest BCUT2D eigenvalue weighted by molar-refractivity contribution is 5.82. The van der Waals surface area contributed by atoms with E-state index in [0.717, 1.165) is 63.5 Å². The first-order valence-electron chi connectivity index (χ1n) is 31.2. The van der Waals surface area contributed by atoms with Crippen LogP contribution in [0, 0.1) is 42.4 Å². The summed E-state index contributed by atoms with van der Waals surface area (Å²) in [6, 6.07) is 4.88. The fourth-order valence-corrected chi connectivity index (χ4v) is 11.4. The monoisotopic (exact) mass is 1190 g/mol. The second-order valence-electron chi connectivity index (χ2n) is 23.1. The maximum Gasteiger partial charge on any atom is 0.330 e. The minimum Gasteiger partial charge on any atom is -0.466 e. The predicted molar refractivity (Wildman–Crippen MR) is 308 cm³/mol. The second kappa shape index (κ2) is 37.7. The zero-order valence-corrected chi connectivity index (χ0v) is 50.4. The number of rotatable bonds is 34. The first-order valence-corrected chi connectivity index (χ1v) is 31.2. The Morgan fingerprint density at radius 2 is 0.847 bits per heavy atom. The van der Waals surface area contributed by atoms with Crippen LogP contribution >= 0.6 is 0 Å². The van der Waals surface area contributed by atoms with Crippen molar-refractivity contribution in [3.8, 4) is 11.5 Å². The minimum absolute atomic E-state index is 0.0729. The number of ether oxygens (including phenoxy) is 10. The van der Waals surface area contributed by atoms with Crippen molar-refractivity contribution < 1.29 is 95.3 Å². The Bertz CT molecular complexity index is 2360. The van der Waals surface area contributed by atoms with Gasteiger partial charge in [-0.2, -0.15) is 0 Å². The van der Waals surface area contributed by atoms with Crippen molar-refractivity contribution in [3.05, 3.63) is 49.1 Å². The third-order valence-electron chi connectivity index (χ3n) is 16.8. The molecule has 0 amide bonds. The van der Waals surface area contributed by atoms with E-state index < -0.39 is 35.8 Å². The molecule has 5 rings (SSSR count). The molecule has 0 bridgehead atoms. The zero-order chi connectivity index (χ0) is 61.5. The van der Waals surface area contributed by atoms with Gasteiger partial charge in [-0.3, -0.25) is 38.4 Å². The smallest absolute Gasteiger partial charge is 0.330 e. The van der Waals surface area contributed by atoms with Crippen LogP contribution in [-0.2, 0) is 85.8 Å². The van der Waals surface area contributed by atoms with Crippen LogP contribution in [0.25, 0.3) is 0 Å². The van der Waals surface area contributed by atoms with E-state index in [4.69, 9.17) is 47.4 Å². The fraction of sp³-hybridized carbons (Fsp3) is 0.692. The van der Waals surface area contributed by atoms with E-state index in [-0.39, 0.29) is 124 Å². The number of esters is 10. The van der Waals surface area contributed by atoms with Gasteiger partial charge in [-0.15, -0.1) is 0 Å². The Labute approximate surface area is 500 Å². The van der Waals surface area contributed by atoms with Crippen molar-refractivity contribution in [3.63, 3.8) is 0 Å². The van der Waals surface area contributed by atoms with Crippen LogP contribution in [-0.4, -0.2) is 111 Å². The van der Waals surface area contributed by atoms with Crippen molar-refractivity contribution in [2.24, 2.45) is 35.5 Å². The lowest BCUT2D eigenvalue weighted by Crippen LogP contribution is -2.32. The highest BCUT2D eigenvalue weighted by Gasteiger charge is 2.36. The van der Waals surface area contributed by atoms with Gasteiger partial charge >= 0.3 is 59.7 Å². The molecule has 0 radical (unpaired) electrons. The molecule has 0 spiro atoms. The molecule has 4 fully saturated rings. The highest BCUT2D eigenvalue weighted by atomic mass is 16.6. The van der Waals surface area contributed by atoms with E-state index in [1.165, 1.54) is 0 Å². The van der Waals surface area contributed by atoms with Gasteiger partial charge in [0.2, 0.25) is 0 Å². The Balaban J connectivity index is 0.872. The van der Waals surface area contributed by atoms with Crippen molar-refractivity contribution in [2.45, 2.75) is 225 Å². The highest BCUT2D eigenvalue weighted by Crippen LogP contribution is 2.37. The molecular weight excluding hydrogens is 1100 g/mol. The van der Waals surface area contributed by atoms with Crippen molar-refractivity contribution in [1.82, 2.24) is 0 Å². The van der Waals surface area contributed by atoms with Crippen LogP contribution in [0.3, 0.4) is 0 Å². The Morgan fingerprint density at radius 1 is 0.471 bits per heavy atom. The summed E-state index contributed by atoms with van der Waals surface area (Å²) in [6.07, 6.45) is 15.8. The number of carbonyl (C=O) groups excluding carboxylic acids is 10. The standard InChI is InChI=1S/C65H92O20/c1-6-50(12-10-38-76-56(66)8-3)80-60(70)34-32-58(68)78-40-36-44-14-26-52(27-15-44)82-62(72)46-18-20-48(21-19-46)64(74)84-54-30-31-55(43(5)42-54)85-65(75)49-24-22-47(23-25-49)63(73)83-53-28-16-45(17-29-53)37-41-79-59(69)33-35-61(71)81-51(7-2)13-11-39-77-57(67)9-4/h8-9,30-31,42,44-53H,3-4,6-7,10-29,32-41H2,1-2,5H3. The van der Waals surface area contributed by atoms with E-state index in [1.807, 2.05) is 13.8 Å². The molecule has 2 unspecified atom stereocenters. The summed E-state index contributed by atoms with van der Waals surface area (Å²) < 4.78 is 55.1. The van der Waals surface area contributed by atoms with Gasteiger partial charge in [-0.1, -0.05) is 27.0 Å². The zero-order valence-electron chi connectivity index (χ0n) is 50.4. The fourth-order valence-electron chi connectivity index (χ4n) is 11.4. The maximum absolute atomic E-state index is 13.3. The SMILES string of the molecule is C=CC(=O)OCCCC(CC)OC(=O)CCC(=O)OCCC1CCC(OC(=O)C2CCC(C(=O)Oc3ccc(OC(=O)C4CCC(C(=O)OC5CCC(CCOC(=O)CCC(=O)OC(CC)CCCOC(=O)C=C)CC5)CC4)c(C)c3)CC2)CC1. The van der Waals surface area contributed by atoms with E-state index in [1.54, 1.807) is 25.1 Å². The van der Waals surface area contributed by atoms with Crippen LogP contribution in [0.2, 0.25) is 0 Å². The Kier molecular flexibility index (Phi) is 30.7. The lowest BCUT2D eigenvalue weighted by molar-refractivity contribution is -0.159. The van der Waals surface area contributed by atoms with Gasteiger partial charge in [-0.25, -0.2) is 9.59 Å². The summed E-state index contributed by atoms with van der Waals surface area (Å²) >= 11 is 0. The summed E-state index contributed by atoms with van der Waals surface area (Å²) in [5.74, 6) is -4.08. The van der Waals surface area contributed by atoms with Gasteiger partial charge in [0.05, 0.1) is 75.8 Å². The third kappa shape index (κ3) is 25.9. The van der Waals surface area contributed by atoms with E-state index >= 15 is 0 Å². The van der Waals surface area contributed by atoms with Gasteiger partial charge < -0.3 is 47.4 Å². The molecule has 2 atom stereocenters. The molecule has 1 aromatic carbocycles. The summed E-state index contributed by atoms with van der Waals surface area (Å²) in [5.41, 5.74) is 0.625. The van der Waals surface area contributed by atoms with Crippen LogP contribution < -0.4 is 9.47 Å². The largest absolute Gasteiger partial charge is 0.466 e. The minimum atomic E-state index is -0.501. The van der Waals surface area contributed by atoms with Gasteiger partial charge in [0.25, 0.3) is 0 Å². The summed E-state index contributed by atoms with van der Waals surface area (Å²) in [4.78, 5) is 125. The maximum atomic E-state index is 13.3. The van der Waals surface area contributed by atoms with Crippen LogP contribution in [0.5, 0.6) is 11.5 Å². The van der Waals surface area contributed by atoms with Gasteiger partial charge in [0.15, 0.2) is 0 Å². The molecule has 20 nitrogen and oxygen atoms in total. The molecule has 0 heterocycles. The molecule has 1 aromatic rings. The Morgan fingerprint density at radius 3 is 1.22 bits per heavy atom. The molecule has 0 N–H and O–H groups in total. The third-order valence-corrected chi connectivity index (χ3v) is 16.8. The van der Waals surface area contributed by atoms with Crippen molar-refractivity contribution in [1.29, 1.82) is 0 Å². The average Bonchev–Trinajstić information content (AvgIpc) is 3.61. The summed E-state index contributed by atoms with van der Waals surface area (Å²) in [7, 11) is 0. The number of benzene rings is 1. The molecule has 4 aliphatic carbocycles. The number of hydrogen-bond acceptors (Lipinski definition) is 20. The number of carbonyl (C=O) groups is 10. The second-order valence-corrected chi connectivity index (χ2v) is 23.1. The topological polar surface area (TPSA) is 263 Å². The van der Waals surface area contributed by atoms with Crippen LogP contribution in [0.4, 0.5) is 0 Å². The molecule has 0 saturated heterocycles. The average molecular weight is 1190 g/mol. The molecular formula is C65H92O20. The molecule has 20 heteroatoms. The molecule has 4 saturated carbocycles. The van der Waals surface area contributed by atoms with Gasteiger partial charge in [-0.05, 0) is 197 Å². The lowest BCUT2D eigenvalue weighted by atomic mass is 9.81. The quantitative estimate of drug-likeness (QED) is 0.0204. The van der Waals surface area contributed by atoms with E-state index in [9.17, 15) is 47.9 Å². The van der Waals surface area contributed by atoms with Crippen molar-refractivity contribution >= 4 is 59.7 Å². The van der Waals surface area contributed by atoms with Crippen LogP contribution in [0.1, 0.15) is 199 Å². The normalized spacial score (nSPS) is 22.8. The van der Waals surface area contributed by atoms with Gasteiger partial charge in [0, 0.05) is 12.2 Å². The van der Waals surface area contributed by atoms with Gasteiger partial charge in [0.1, 0.15) is 35.9 Å². The summed E-state index contributed by atoms with van der Waals surface area (Å²) in [6.45, 7) is 13.2. The van der Waals surface area contributed by atoms with E-state index in [0.29, 0.717) is 132 Å². The van der Waals surface area contributed by atoms with E-state index in [2.05, 4.69) is 13.2 Å². The first kappa shape index (κ1) is 69.2. The Hall–Kier alpha value is -6.60. The predicted octanol–water partition coefficient (Wildman–Crippen LogP) is 10.7. The first-order chi connectivity index (χ1) is 40.9. The molecule has 0 aliphatic heterocycles. The lowest BCUT2D eigenvalue weighted by Gasteiger charge is -2.31. The number of aryl methyl sites for hydroxylation is 1. The molecule has 0 aromatic heterocycles. The number of hydrogen-bond donors (Lipinski definition) is 0. The molecule has 4 aliphatic rings. The molecule has 85 heavy (non-hydrogen) atoms. The summed E-state index contributed by atoms with van der Waals surface area (Å²) in [5, 5.41) is 0. The molecule has 472 valence electrons.